The molecule has 0 aromatic heterocycles. The predicted octanol–water partition coefficient (Wildman–Crippen LogP) is 5.25. The molecule has 0 fully saturated rings. The molecular weight excluding hydrogens is 439 g/mol. The van der Waals surface area contributed by atoms with E-state index in [-0.39, 0.29) is 18.1 Å². The summed E-state index contributed by atoms with van der Waals surface area (Å²) in [5.41, 5.74) is 3.94. The highest BCUT2D eigenvalue weighted by Crippen LogP contribution is 2.44. The van der Waals surface area contributed by atoms with Crippen LogP contribution in [0.4, 0.5) is 18.0 Å². The molecule has 1 aliphatic carbocycles. The molecule has 0 radical (unpaired) electrons. The van der Waals surface area contributed by atoms with Crippen molar-refractivity contribution in [2.24, 2.45) is 0 Å². The first-order chi connectivity index (χ1) is 15.7. The van der Waals surface area contributed by atoms with Crippen molar-refractivity contribution in [3.8, 4) is 16.9 Å². The van der Waals surface area contributed by atoms with Gasteiger partial charge in [0.25, 0.3) is 0 Å². The minimum absolute atomic E-state index is 0.0383. The van der Waals surface area contributed by atoms with Gasteiger partial charge in [0.15, 0.2) is 6.04 Å². The summed E-state index contributed by atoms with van der Waals surface area (Å²) >= 11 is 0. The van der Waals surface area contributed by atoms with Gasteiger partial charge in [-0.05, 0) is 39.9 Å². The Morgan fingerprint density at radius 2 is 1.55 bits per heavy atom. The number of nitrogens with one attached hydrogen (secondary N) is 1. The number of aliphatic carboxylic acids is 1. The van der Waals surface area contributed by atoms with Crippen molar-refractivity contribution in [3.05, 3.63) is 89.5 Å². The number of amides is 1. The monoisotopic (exact) mass is 457 g/mol. The topological polar surface area (TPSA) is 84.9 Å². The van der Waals surface area contributed by atoms with E-state index in [0.29, 0.717) is 0 Å². The second kappa shape index (κ2) is 8.85. The lowest BCUT2D eigenvalue weighted by molar-refractivity contribution is -0.274. The summed E-state index contributed by atoms with van der Waals surface area (Å²) in [6.45, 7) is -0.0383. The lowest BCUT2D eigenvalue weighted by Gasteiger charge is -2.18. The molecule has 2 N–H and O–H groups in total. The van der Waals surface area contributed by atoms with E-state index in [1.54, 1.807) is 0 Å². The van der Waals surface area contributed by atoms with Gasteiger partial charge in [0.2, 0.25) is 0 Å². The summed E-state index contributed by atoms with van der Waals surface area (Å²) in [6, 6.07) is 18.2. The van der Waals surface area contributed by atoms with Crippen LogP contribution in [0.5, 0.6) is 5.75 Å². The zero-order valence-corrected chi connectivity index (χ0v) is 17.0. The molecule has 33 heavy (non-hydrogen) atoms. The van der Waals surface area contributed by atoms with Crippen molar-refractivity contribution in [2.75, 3.05) is 6.61 Å². The van der Waals surface area contributed by atoms with E-state index in [4.69, 9.17) is 4.74 Å². The Labute approximate surface area is 186 Å². The van der Waals surface area contributed by atoms with Crippen molar-refractivity contribution >= 4 is 12.1 Å². The molecule has 3 aromatic rings. The van der Waals surface area contributed by atoms with Gasteiger partial charge < -0.3 is 19.9 Å². The Kier molecular flexibility index (Phi) is 5.95. The zero-order chi connectivity index (χ0) is 23.6. The molecule has 6 nitrogen and oxygen atoms in total. The van der Waals surface area contributed by atoms with Gasteiger partial charge >= 0.3 is 18.4 Å². The summed E-state index contributed by atoms with van der Waals surface area (Å²) in [5.74, 6) is -2.29. The Hall–Kier alpha value is -4.01. The second-order valence-electron chi connectivity index (χ2n) is 7.36. The standard InChI is InChI=1S/C24H18F3NO5/c25-24(26,27)33-15-7-5-6-14(12-15)21(22(29)30)28-23(31)32-13-20-18-10-3-1-8-16(18)17-9-2-4-11-19(17)20/h1-12,20-21H,13H2,(H,28,31)(H,29,30). The fourth-order valence-electron chi connectivity index (χ4n) is 3.94. The van der Waals surface area contributed by atoms with Crippen LogP contribution in [-0.4, -0.2) is 30.1 Å². The maximum absolute atomic E-state index is 12.5. The Morgan fingerprint density at radius 1 is 0.939 bits per heavy atom. The molecule has 0 bridgehead atoms. The van der Waals surface area contributed by atoms with Gasteiger partial charge in [-0.3, -0.25) is 0 Å². The molecule has 1 atom stereocenters. The van der Waals surface area contributed by atoms with E-state index >= 15 is 0 Å². The molecule has 0 heterocycles. The molecule has 0 saturated heterocycles. The number of hydrogen-bond donors (Lipinski definition) is 2. The number of ether oxygens (including phenoxy) is 2. The number of carbonyl (C=O) groups is 2. The molecule has 1 unspecified atom stereocenters. The molecule has 4 rings (SSSR count). The van der Waals surface area contributed by atoms with Gasteiger partial charge in [0.05, 0.1) is 0 Å². The zero-order valence-electron chi connectivity index (χ0n) is 17.0. The number of alkyl carbamates (subject to hydrolysis) is 1. The summed E-state index contributed by atoms with van der Waals surface area (Å²) in [4.78, 5) is 24.1. The average molecular weight is 457 g/mol. The molecule has 9 heteroatoms. The summed E-state index contributed by atoms with van der Waals surface area (Å²) < 4.78 is 46.6. The van der Waals surface area contributed by atoms with Crippen molar-refractivity contribution in [1.29, 1.82) is 0 Å². The van der Waals surface area contributed by atoms with E-state index in [1.807, 2.05) is 48.5 Å². The smallest absolute Gasteiger partial charge is 0.479 e. The molecule has 1 amide bonds. The Morgan fingerprint density at radius 3 is 2.12 bits per heavy atom. The number of carboxylic acid groups (broad SMARTS) is 1. The molecule has 0 spiro atoms. The highest BCUT2D eigenvalue weighted by molar-refractivity contribution is 5.82. The normalized spacial score (nSPS) is 13.5. The van der Waals surface area contributed by atoms with Gasteiger partial charge in [-0.1, -0.05) is 60.7 Å². The van der Waals surface area contributed by atoms with Crippen molar-refractivity contribution in [2.45, 2.75) is 18.3 Å². The SMILES string of the molecule is O=C(NC(C(=O)O)c1cccc(OC(F)(F)F)c1)OCC1c2ccccc2-c2ccccc21. The van der Waals surface area contributed by atoms with Crippen LogP contribution in [0.3, 0.4) is 0 Å². The lowest BCUT2D eigenvalue weighted by atomic mass is 9.98. The first kappa shape index (κ1) is 22.2. The third-order valence-corrected chi connectivity index (χ3v) is 5.28. The van der Waals surface area contributed by atoms with E-state index in [9.17, 15) is 27.9 Å². The fraction of sp³-hybridized carbons (Fsp3) is 0.167. The molecule has 3 aromatic carbocycles. The van der Waals surface area contributed by atoms with Gasteiger partial charge in [-0.25, -0.2) is 9.59 Å². The highest BCUT2D eigenvalue weighted by Gasteiger charge is 2.32. The van der Waals surface area contributed by atoms with E-state index in [1.165, 1.54) is 12.1 Å². The first-order valence-corrected chi connectivity index (χ1v) is 9.93. The van der Waals surface area contributed by atoms with Crippen molar-refractivity contribution in [3.63, 3.8) is 0 Å². The van der Waals surface area contributed by atoms with Gasteiger partial charge in [-0.2, -0.15) is 0 Å². The molecule has 170 valence electrons. The molecule has 0 saturated carbocycles. The van der Waals surface area contributed by atoms with E-state index in [0.717, 1.165) is 34.4 Å². The van der Waals surface area contributed by atoms with Gasteiger partial charge in [0, 0.05) is 5.92 Å². The molecular formula is C24H18F3NO5. The number of rotatable bonds is 6. The van der Waals surface area contributed by atoms with Crippen LogP contribution in [-0.2, 0) is 9.53 Å². The average Bonchev–Trinajstić information content (AvgIpc) is 3.09. The molecule has 1 aliphatic rings. The van der Waals surface area contributed by atoms with Crippen molar-refractivity contribution < 1.29 is 37.3 Å². The summed E-state index contributed by atoms with van der Waals surface area (Å²) in [5, 5.41) is 11.7. The van der Waals surface area contributed by atoms with Crippen LogP contribution in [0, 0.1) is 0 Å². The molecule has 0 aliphatic heterocycles. The maximum atomic E-state index is 12.5. The van der Waals surface area contributed by atoms with Gasteiger partial charge in [-0.15, -0.1) is 13.2 Å². The van der Waals surface area contributed by atoms with Crippen LogP contribution in [0.15, 0.2) is 72.8 Å². The van der Waals surface area contributed by atoms with Crippen LogP contribution in [0.2, 0.25) is 0 Å². The lowest BCUT2D eigenvalue weighted by Crippen LogP contribution is -2.35. The van der Waals surface area contributed by atoms with Gasteiger partial charge in [0.1, 0.15) is 12.4 Å². The number of carboxylic acids is 1. The Balaban J connectivity index is 1.47. The predicted molar refractivity (Wildman–Crippen MR) is 112 cm³/mol. The highest BCUT2D eigenvalue weighted by atomic mass is 19.4. The quantitative estimate of drug-likeness (QED) is 0.528. The maximum Gasteiger partial charge on any atom is 0.573 e. The van der Waals surface area contributed by atoms with E-state index < -0.39 is 30.2 Å². The first-order valence-electron chi connectivity index (χ1n) is 9.93. The van der Waals surface area contributed by atoms with Crippen LogP contribution in [0.25, 0.3) is 11.1 Å². The number of carbonyl (C=O) groups excluding carboxylic acids is 1. The van der Waals surface area contributed by atoms with Crippen LogP contribution < -0.4 is 10.1 Å². The fourth-order valence-corrected chi connectivity index (χ4v) is 3.94. The second-order valence-corrected chi connectivity index (χ2v) is 7.36. The minimum Gasteiger partial charge on any atom is -0.479 e. The number of halogens is 3. The largest absolute Gasteiger partial charge is 0.573 e. The Bertz CT molecular complexity index is 1150. The number of alkyl halides is 3. The van der Waals surface area contributed by atoms with Crippen molar-refractivity contribution in [1.82, 2.24) is 5.32 Å². The van der Waals surface area contributed by atoms with E-state index in [2.05, 4.69) is 10.1 Å². The third kappa shape index (κ3) is 4.92. The number of fused-ring (bicyclic) bond motifs is 3. The van der Waals surface area contributed by atoms with Crippen LogP contribution in [0.1, 0.15) is 28.7 Å². The minimum atomic E-state index is -4.93. The van der Waals surface area contributed by atoms with Crippen LogP contribution >= 0.6 is 0 Å². The third-order valence-electron chi connectivity index (χ3n) is 5.28. The summed E-state index contributed by atoms with van der Waals surface area (Å²) in [7, 11) is 0. The summed E-state index contributed by atoms with van der Waals surface area (Å²) in [6.07, 6.45) is -5.94. The number of hydrogen-bond acceptors (Lipinski definition) is 4. The number of benzene rings is 3.